The van der Waals surface area contributed by atoms with Crippen molar-refractivity contribution in [3.05, 3.63) is 16.1 Å². The summed E-state index contributed by atoms with van der Waals surface area (Å²) in [5.74, 6) is 1.68. The number of hydrogen-bond donors (Lipinski definition) is 1. The maximum Gasteiger partial charge on any atom is 0.127 e. The summed E-state index contributed by atoms with van der Waals surface area (Å²) in [5.41, 5.74) is 7.09. The molecule has 1 atom stereocenters. The van der Waals surface area contributed by atoms with Crippen molar-refractivity contribution in [1.82, 2.24) is 9.55 Å². The van der Waals surface area contributed by atoms with Gasteiger partial charge >= 0.3 is 0 Å². The van der Waals surface area contributed by atoms with Crippen LogP contribution in [0.5, 0.6) is 0 Å². The highest BCUT2D eigenvalue weighted by molar-refractivity contribution is 9.10. The molecule has 0 saturated carbocycles. The second-order valence-electron chi connectivity index (χ2n) is 3.78. The van der Waals surface area contributed by atoms with Gasteiger partial charge in [-0.2, -0.15) is 0 Å². The van der Waals surface area contributed by atoms with E-state index < -0.39 is 0 Å². The summed E-state index contributed by atoms with van der Waals surface area (Å²) in [7, 11) is 0. The largest absolute Gasteiger partial charge is 0.331 e. The van der Waals surface area contributed by atoms with Crippen LogP contribution in [0.25, 0.3) is 0 Å². The van der Waals surface area contributed by atoms with Crippen molar-refractivity contribution in [2.75, 3.05) is 6.54 Å². The predicted octanol–water partition coefficient (Wildman–Crippen LogP) is 2.04. The first-order valence-corrected chi connectivity index (χ1v) is 6.02. The topological polar surface area (TPSA) is 43.8 Å². The smallest absolute Gasteiger partial charge is 0.127 e. The SMILES string of the molecule is CCc1nc(Br)c2n1CCCC2CN. The van der Waals surface area contributed by atoms with Crippen LogP contribution in [-0.2, 0) is 13.0 Å². The molecule has 0 amide bonds. The predicted molar refractivity (Wildman–Crippen MR) is 60.3 cm³/mol. The van der Waals surface area contributed by atoms with Gasteiger partial charge in [0.05, 0.1) is 5.69 Å². The molecule has 0 saturated heterocycles. The van der Waals surface area contributed by atoms with E-state index in [1.165, 1.54) is 24.4 Å². The standard InChI is InChI=1S/C10H16BrN3/c1-2-8-13-10(11)9-7(6-12)4-3-5-14(8)9/h7H,2-6,12H2,1H3. The van der Waals surface area contributed by atoms with E-state index in [0.29, 0.717) is 5.92 Å². The van der Waals surface area contributed by atoms with Crippen LogP contribution < -0.4 is 5.73 Å². The van der Waals surface area contributed by atoms with Crippen LogP contribution in [0.15, 0.2) is 4.60 Å². The maximum absolute atomic E-state index is 5.78. The highest BCUT2D eigenvalue weighted by Crippen LogP contribution is 2.33. The van der Waals surface area contributed by atoms with E-state index in [-0.39, 0.29) is 0 Å². The van der Waals surface area contributed by atoms with Gasteiger partial charge in [0.2, 0.25) is 0 Å². The Balaban J connectivity index is 2.46. The Morgan fingerprint density at radius 1 is 1.64 bits per heavy atom. The summed E-state index contributed by atoms with van der Waals surface area (Å²) in [6, 6.07) is 0. The summed E-state index contributed by atoms with van der Waals surface area (Å²) in [6.45, 7) is 3.98. The molecule has 14 heavy (non-hydrogen) atoms. The van der Waals surface area contributed by atoms with Crippen LogP contribution in [0.1, 0.15) is 37.2 Å². The van der Waals surface area contributed by atoms with Gasteiger partial charge in [-0.1, -0.05) is 6.92 Å². The van der Waals surface area contributed by atoms with Crippen LogP contribution in [0.4, 0.5) is 0 Å². The van der Waals surface area contributed by atoms with E-state index in [1.807, 2.05) is 0 Å². The average Bonchev–Trinajstić information content (AvgIpc) is 2.55. The van der Waals surface area contributed by atoms with E-state index in [9.17, 15) is 0 Å². The number of hydrogen-bond acceptors (Lipinski definition) is 2. The monoisotopic (exact) mass is 257 g/mol. The zero-order valence-corrected chi connectivity index (χ0v) is 10.0. The van der Waals surface area contributed by atoms with Crippen molar-refractivity contribution < 1.29 is 0 Å². The fourth-order valence-corrected chi connectivity index (χ4v) is 2.99. The van der Waals surface area contributed by atoms with Crippen molar-refractivity contribution in [3.8, 4) is 0 Å². The maximum atomic E-state index is 5.78. The Morgan fingerprint density at radius 2 is 2.43 bits per heavy atom. The number of nitrogens with zero attached hydrogens (tertiary/aromatic N) is 2. The van der Waals surface area contributed by atoms with Gasteiger partial charge in [0.15, 0.2) is 0 Å². The van der Waals surface area contributed by atoms with Gasteiger partial charge in [-0.25, -0.2) is 4.98 Å². The zero-order valence-electron chi connectivity index (χ0n) is 8.46. The minimum Gasteiger partial charge on any atom is -0.331 e. The number of rotatable bonds is 2. The molecule has 4 heteroatoms. The lowest BCUT2D eigenvalue weighted by Crippen LogP contribution is -2.22. The van der Waals surface area contributed by atoms with Crippen molar-refractivity contribution in [3.63, 3.8) is 0 Å². The molecule has 1 aromatic rings. The molecule has 2 heterocycles. The lowest BCUT2D eigenvalue weighted by molar-refractivity contribution is 0.448. The van der Waals surface area contributed by atoms with Gasteiger partial charge in [-0.05, 0) is 28.8 Å². The Bertz CT molecular complexity index is 332. The lowest BCUT2D eigenvalue weighted by Gasteiger charge is -2.24. The van der Waals surface area contributed by atoms with Crippen molar-refractivity contribution in [2.45, 2.75) is 38.6 Å². The quantitative estimate of drug-likeness (QED) is 0.882. The molecular formula is C10H16BrN3. The fourth-order valence-electron chi connectivity index (χ4n) is 2.25. The van der Waals surface area contributed by atoms with Crippen molar-refractivity contribution in [2.24, 2.45) is 5.73 Å². The van der Waals surface area contributed by atoms with Crippen LogP contribution in [-0.4, -0.2) is 16.1 Å². The van der Waals surface area contributed by atoms with Gasteiger partial charge in [-0.3, -0.25) is 0 Å². The molecular weight excluding hydrogens is 242 g/mol. The third-order valence-corrected chi connectivity index (χ3v) is 3.55. The van der Waals surface area contributed by atoms with Gasteiger partial charge in [0.1, 0.15) is 10.4 Å². The Kier molecular flexibility index (Phi) is 2.93. The zero-order chi connectivity index (χ0) is 10.1. The van der Waals surface area contributed by atoms with Gasteiger partial charge < -0.3 is 10.3 Å². The Labute approximate surface area is 92.8 Å². The Morgan fingerprint density at radius 3 is 3.07 bits per heavy atom. The average molecular weight is 258 g/mol. The van der Waals surface area contributed by atoms with E-state index >= 15 is 0 Å². The summed E-state index contributed by atoms with van der Waals surface area (Å²) >= 11 is 3.54. The molecule has 0 spiro atoms. The number of aryl methyl sites for hydroxylation is 1. The molecule has 0 fully saturated rings. The van der Waals surface area contributed by atoms with Crippen molar-refractivity contribution in [1.29, 1.82) is 0 Å². The number of fused-ring (bicyclic) bond motifs is 1. The fraction of sp³-hybridized carbons (Fsp3) is 0.700. The van der Waals surface area contributed by atoms with Crippen LogP contribution in [0.2, 0.25) is 0 Å². The molecule has 78 valence electrons. The van der Waals surface area contributed by atoms with Gasteiger partial charge in [0.25, 0.3) is 0 Å². The summed E-state index contributed by atoms with van der Waals surface area (Å²) in [6.07, 6.45) is 3.42. The van der Waals surface area contributed by atoms with E-state index in [4.69, 9.17) is 5.73 Å². The molecule has 3 nitrogen and oxygen atoms in total. The minimum absolute atomic E-state index is 0.492. The number of halogens is 1. The third kappa shape index (κ3) is 1.50. The summed E-state index contributed by atoms with van der Waals surface area (Å²) in [4.78, 5) is 4.53. The van der Waals surface area contributed by atoms with Gasteiger partial charge in [0, 0.05) is 25.4 Å². The second-order valence-corrected chi connectivity index (χ2v) is 4.54. The molecule has 1 aromatic heterocycles. The van der Waals surface area contributed by atoms with E-state index in [2.05, 4.69) is 32.4 Å². The summed E-state index contributed by atoms with van der Waals surface area (Å²) in [5, 5.41) is 0. The Hall–Kier alpha value is -0.350. The van der Waals surface area contributed by atoms with Crippen LogP contribution in [0, 0.1) is 0 Å². The highest BCUT2D eigenvalue weighted by atomic mass is 79.9. The molecule has 0 bridgehead atoms. The first-order chi connectivity index (χ1) is 6.77. The number of nitrogens with two attached hydrogens (primary N) is 1. The van der Waals surface area contributed by atoms with Gasteiger partial charge in [-0.15, -0.1) is 0 Å². The number of aromatic nitrogens is 2. The molecule has 2 N–H and O–H groups in total. The normalized spacial score (nSPS) is 20.9. The molecule has 1 aliphatic rings. The van der Waals surface area contributed by atoms with Crippen LogP contribution >= 0.6 is 15.9 Å². The van der Waals surface area contributed by atoms with Crippen molar-refractivity contribution >= 4 is 15.9 Å². The molecule has 1 unspecified atom stereocenters. The highest BCUT2D eigenvalue weighted by Gasteiger charge is 2.25. The van der Waals surface area contributed by atoms with E-state index in [1.54, 1.807) is 0 Å². The molecule has 0 aliphatic carbocycles. The van der Waals surface area contributed by atoms with Crippen LogP contribution in [0.3, 0.4) is 0 Å². The minimum atomic E-state index is 0.492. The lowest BCUT2D eigenvalue weighted by atomic mass is 9.96. The molecule has 0 aromatic carbocycles. The molecule has 2 rings (SSSR count). The third-order valence-electron chi connectivity index (χ3n) is 2.96. The second kappa shape index (κ2) is 4.03. The molecule has 0 radical (unpaired) electrons. The molecule has 1 aliphatic heterocycles. The summed E-state index contributed by atoms with van der Waals surface area (Å²) < 4.78 is 3.34. The first kappa shape index (κ1) is 10.2. The first-order valence-electron chi connectivity index (χ1n) is 5.22. The van der Waals surface area contributed by atoms with E-state index in [0.717, 1.165) is 24.1 Å². The number of imidazole rings is 1.